The molecule has 2 N–H and O–H groups in total. The Labute approximate surface area is 169 Å². The fourth-order valence-electron chi connectivity index (χ4n) is 2.76. The second kappa shape index (κ2) is 9.71. The SMILES string of the molecule is COc1cccc(CN(Cc2ccc(N=CC=CN)cc2)c2nc(C)cs2)c1. The van der Waals surface area contributed by atoms with E-state index in [1.807, 2.05) is 31.2 Å². The molecule has 0 saturated heterocycles. The molecule has 28 heavy (non-hydrogen) atoms. The molecule has 0 radical (unpaired) electrons. The van der Waals surface area contributed by atoms with E-state index in [0.29, 0.717) is 0 Å². The normalized spacial score (nSPS) is 11.4. The van der Waals surface area contributed by atoms with E-state index in [-0.39, 0.29) is 0 Å². The number of hydrogen-bond acceptors (Lipinski definition) is 6. The largest absolute Gasteiger partial charge is 0.497 e. The van der Waals surface area contributed by atoms with Gasteiger partial charge in [0.1, 0.15) is 5.75 Å². The number of benzene rings is 2. The lowest BCUT2D eigenvalue weighted by Crippen LogP contribution is -2.22. The number of allylic oxidation sites excluding steroid dienone is 1. The average molecular weight is 393 g/mol. The Morgan fingerprint density at radius 3 is 2.61 bits per heavy atom. The summed E-state index contributed by atoms with van der Waals surface area (Å²) in [6.45, 7) is 3.54. The van der Waals surface area contributed by atoms with Gasteiger partial charge in [0.15, 0.2) is 5.13 Å². The minimum absolute atomic E-state index is 0.755. The molecule has 1 heterocycles. The van der Waals surface area contributed by atoms with Gasteiger partial charge in [-0.3, -0.25) is 4.99 Å². The highest BCUT2D eigenvalue weighted by Crippen LogP contribution is 2.26. The van der Waals surface area contributed by atoms with Gasteiger partial charge in [0.2, 0.25) is 0 Å². The summed E-state index contributed by atoms with van der Waals surface area (Å²) < 4.78 is 5.36. The summed E-state index contributed by atoms with van der Waals surface area (Å²) in [6.07, 6.45) is 4.85. The maximum Gasteiger partial charge on any atom is 0.186 e. The molecule has 0 aliphatic rings. The predicted octanol–water partition coefficient (Wildman–Crippen LogP) is 4.84. The Bertz CT molecular complexity index is 947. The molecule has 3 rings (SSSR count). The van der Waals surface area contributed by atoms with E-state index >= 15 is 0 Å². The van der Waals surface area contributed by atoms with E-state index < -0.39 is 0 Å². The van der Waals surface area contributed by atoms with Crippen molar-refractivity contribution in [3.63, 3.8) is 0 Å². The van der Waals surface area contributed by atoms with Gasteiger partial charge in [-0.25, -0.2) is 4.98 Å². The molecule has 3 aromatic rings. The van der Waals surface area contributed by atoms with Crippen LogP contribution in [-0.2, 0) is 13.1 Å². The van der Waals surface area contributed by atoms with Gasteiger partial charge in [0, 0.05) is 24.7 Å². The maximum absolute atomic E-state index is 5.36. The van der Waals surface area contributed by atoms with Crippen LogP contribution in [0.15, 0.2) is 71.2 Å². The molecule has 144 valence electrons. The first kappa shape index (κ1) is 19.6. The van der Waals surface area contributed by atoms with Crippen molar-refractivity contribution in [2.75, 3.05) is 12.0 Å². The van der Waals surface area contributed by atoms with E-state index in [1.165, 1.54) is 17.3 Å². The molecule has 1 aromatic heterocycles. The van der Waals surface area contributed by atoms with Crippen LogP contribution in [0.3, 0.4) is 0 Å². The lowest BCUT2D eigenvalue weighted by Gasteiger charge is -2.22. The number of aryl methyl sites for hydroxylation is 1. The Morgan fingerprint density at radius 1 is 1.14 bits per heavy atom. The molecule has 0 unspecified atom stereocenters. The van der Waals surface area contributed by atoms with E-state index in [2.05, 4.69) is 44.5 Å². The van der Waals surface area contributed by atoms with Crippen LogP contribution in [0.4, 0.5) is 10.8 Å². The fraction of sp³-hybridized carbons (Fsp3) is 0.182. The van der Waals surface area contributed by atoms with E-state index in [4.69, 9.17) is 10.5 Å². The third-order valence-corrected chi connectivity index (χ3v) is 5.13. The Morgan fingerprint density at radius 2 is 1.93 bits per heavy atom. The van der Waals surface area contributed by atoms with Gasteiger partial charge in [-0.15, -0.1) is 11.3 Å². The van der Waals surface area contributed by atoms with Crippen LogP contribution in [0.5, 0.6) is 5.75 Å². The standard InChI is InChI=1S/C22H24N4OS/c1-17-16-28-22(25-17)26(15-19-5-3-6-21(13-19)27-2)14-18-7-9-20(10-8-18)24-12-4-11-23/h3-13,16H,14-15,23H2,1-2H3. The van der Waals surface area contributed by atoms with Crippen molar-refractivity contribution in [1.29, 1.82) is 0 Å². The topological polar surface area (TPSA) is 63.7 Å². The lowest BCUT2D eigenvalue weighted by molar-refractivity contribution is 0.414. The quantitative estimate of drug-likeness (QED) is 0.557. The van der Waals surface area contributed by atoms with Crippen LogP contribution < -0.4 is 15.4 Å². The molecule has 0 fully saturated rings. The van der Waals surface area contributed by atoms with Crippen LogP contribution >= 0.6 is 11.3 Å². The first-order valence-electron chi connectivity index (χ1n) is 8.98. The third-order valence-electron chi connectivity index (χ3n) is 4.12. The monoisotopic (exact) mass is 392 g/mol. The number of nitrogens with two attached hydrogens (primary N) is 1. The fourth-order valence-corrected chi connectivity index (χ4v) is 3.56. The third kappa shape index (κ3) is 5.44. The number of aromatic nitrogens is 1. The van der Waals surface area contributed by atoms with E-state index in [0.717, 1.165) is 35.4 Å². The zero-order chi connectivity index (χ0) is 19.8. The Kier molecular flexibility index (Phi) is 6.81. The molecular formula is C22H24N4OS. The number of methoxy groups -OCH3 is 1. The van der Waals surface area contributed by atoms with Gasteiger partial charge in [0.05, 0.1) is 18.5 Å². The summed E-state index contributed by atoms with van der Waals surface area (Å²) in [7, 11) is 1.69. The zero-order valence-electron chi connectivity index (χ0n) is 16.1. The van der Waals surface area contributed by atoms with Crippen LogP contribution in [0, 0.1) is 6.92 Å². The molecule has 5 nitrogen and oxygen atoms in total. The molecular weight excluding hydrogens is 368 g/mol. The Hall–Kier alpha value is -3.12. The number of hydrogen-bond donors (Lipinski definition) is 1. The molecule has 0 aliphatic heterocycles. The first-order valence-corrected chi connectivity index (χ1v) is 9.86. The lowest BCUT2D eigenvalue weighted by atomic mass is 10.1. The van der Waals surface area contributed by atoms with Crippen molar-refractivity contribution >= 4 is 28.4 Å². The predicted molar refractivity (Wildman–Crippen MR) is 118 cm³/mol. The van der Waals surface area contributed by atoms with Gasteiger partial charge in [0.25, 0.3) is 0 Å². The van der Waals surface area contributed by atoms with Crippen molar-refractivity contribution < 1.29 is 4.74 Å². The molecule has 0 bridgehead atoms. The number of rotatable bonds is 8. The van der Waals surface area contributed by atoms with Crippen molar-refractivity contribution in [2.45, 2.75) is 20.0 Å². The first-order chi connectivity index (χ1) is 13.7. The van der Waals surface area contributed by atoms with Gasteiger partial charge in [-0.05, 0) is 54.6 Å². The summed E-state index contributed by atoms with van der Waals surface area (Å²) >= 11 is 1.66. The van der Waals surface area contributed by atoms with Crippen molar-refractivity contribution in [1.82, 2.24) is 4.98 Å². The molecule has 0 amide bonds. The van der Waals surface area contributed by atoms with Crippen molar-refractivity contribution in [3.05, 3.63) is 83.0 Å². The van der Waals surface area contributed by atoms with Crippen molar-refractivity contribution in [3.8, 4) is 5.75 Å². The second-order valence-electron chi connectivity index (χ2n) is 6.31. The minimum atomic E-state index is 0.755. The highest BCUT2D eigenvalue weighted by atomic mass is 32.1. The molecule has 0 aliphatic carbocycles. The molecule has 2 aromatic carbocycles. The summed E-state index contributed by atoms with van der Waals surface area (Å²) in [6, 6.07) is 16.4. The van der Waals surface area contributed by atoms with Gasteiger partial charge in [-0.2, -0.15) is 0 Å². The van der Waals surface area contributed by atoms with Crippen molar-refractivity contribution in [2.24, 2.45) is 10.7 Å². The number of anilines is 1. The summed E-state index contributed by atoms with van der Waals surface area (Å²) in [5.74, 6) is 0.863. The van der Waals surface area contributed by atoms with E-state index in [9.17, 15) is 0 Å². The number of aliphatic imine (C=N–C) groups is 1. The van der Waals surface area contributed by atoms with Crippen LogP contribution in [0.2, 0.25) is 0 Å². The van der Waals surface area contributed by atoms with Crippen LogP contribution in [0.25, 0.3) is 0 Å². The summed E-state index contributed by atoms with van der Waals surface area (Å²) in [5.41, 5.74) is 9.63. The maximum atomic E-state index is 5.36. The minimum Gasteiger partial charge on any atom is -0.497 e. The van der Waals surface area contributed by atoms with Crippen LogP contribution in [0.1, 0.15) is 16.8 Å². The molecule has 6 heteroatoms. The van der Waals surface area contributed by atoms with E-state index in [1.54, 1.807) is 30.7 Å². The highest BCUT2D eigenvalue weighted by Gasteiger charge is 2.12. The molecule has 0 spiro atoms. The van der Waals surface area contributed by atoms with Gasteiger partial charge < -0.3 is 15.4 Å². The Balaban J connectivity index is 1.79. The smallest absolute Gasteiger partial charge is 0.186 e. The molecule has 0 saturated carbocycles. The highest BCUT2D eigenvalue weighted by molar-refractivity contribution is 7.13. The molecule has 0 atom stereocenters. The summed E-state index contributed by atoms with van der Waals surface area (Å²) in [4.78, 5) is 11.3. The second-order valence-corrected chi connectivity index (χ2v) is 7.15. The zero-order valence-corrected chi connectivity index (χ0v) is 16.9. The number of thiazole rings is 1. The average Bonchev–Trinajstić information content (AvgIpc) is 3.15. The van der Waals surface area contributed by atoms with Gasteiger partial charge >= 0.3 is 0 Å². The summed E-state index contributed by atoms with van der Waals surface area (Å²) in [5, 5.41) is 3.09. The number of ether oxygens (including phenoxy) is 1. The van der Waals surface area contributed by atoms with Crippen LogP contribution in [-0.4, -0.2) is 18.3 Å². The number of nitrogens with zero attached hydrogens (tertiary/aromatic N) is 3. The van der Waals surface area contributed by atoms with Gasteiger partial charge in [-0.1, -0.05) is 24.3 Å².